The Labute approximate surface area is 428 Å². The minimum atomic E-state index is -0.0961. The van der Waals surface area contributed by atoms with Crippen molar-refractivity contribution in [3.8, 4) is 62.0 Å². The molecule has 0 amide bonds. The molecular formula is C64H63N4OPt-. The van der Waals surface area contributed by atoms with Crippen LogP contribution in [0.25, 0.3) is 89.1 Å². The fourth-order valence-electron chi connectivity index (χ4n) is 9.66. The molecule has 70 heavy (non-hydrogen) atoms. The van der Waals surface area contributed by atoms with E-state index in [-0.39, 0.29) is 48.5 Å². The molecule has 7 aromatic carbocycles. The fourth-order valence-corrected chi connectivity index (χ4v) is 9.66. The number of rotatable bonds is 6. The van der Waals surface area contributed by atoms with Gasteiger partial charge in [0.05, 0.1) is 27.6 Å². The smallest absolute Gasteiger partial charge is 0.148 e. The van der Waals surface area contributed by atoms with Crippen LogP contribution in [0.15, 0.2) is 158 Å². The van der Waals surface area contributed by atoms with Crippen LogP contribution in [0, 0.1) is 6.07 Å². The van der Waals surface area contributed by atoms with Gasteiger partial charge < -0.3 is 9.67 Å². The minimum Gasteiger partial charge on any atom is -0.507 e. The summed E-state index contributed by atoms with van der Waals surface area (Å²) in [5.41, 5.74) is 17.6. The zero-order valence-electron chi connectivity index (χ0n) is 42.6. The van der Waals surface area contributed by atoms with Crippen LogP contribution in [0.4, 0.5) is 0 Å². The molecule has 10 aromatic rings. The Kier molecular flexibility index (Phi) is 12.3. The van der Waals surface area contributed by atoms with Crippen molar-refractivity contribution in [3.63, 3.8) is 0 Å². The van der Waals surface area contributed by atoms with E-state index in [1.807, 2.05) is 24.4 Å². The van der Waals surface area contributed by atoms with Gasteiger partial charge in [-0.1, -0.05) is 155 Å². The van der Waals surface area contributed by atoms with Crippen LogP contribution in [0.5, 0.6) is 5.75 Å². The van der Waals surface area contributed by atoms with Crippen molar-refractivity contribution in [2.75, 3.05) is 0 Å². The Hall–Kier alpha value is -6.55. The van der Waals surface area contributed by atoms with Gasteiger partial charge in [0.15, 0.2) is 0 Å². The van der Waals surface area contributed by atoms with Crippen molar-refractivity contribution >= 4 is 32.8 Å². The molecule has 0 aliphatic heterocycles. The number of hydrogen-bond acceptors (Lipinski definition) is 3. The topological polar surface area (TPSA) is 55.9 Å². The molecule has 0 atom stereocenters. The molecule has 3 aromatic heterocycles. The van der Waals surface area contributed by atoms with Crippen LogP contribution in [0.3, 0.4) is 0 Å². The van der Waals surface area contributed by atoms with Crippen molar-refractivity contribution in [2.45, 2.75) is 105 Å². The summed E-state index contributed by atoms with van der Waals surface area (Å²) >= 11 is 0. The van der Waals surface area contributed by atoms with E-state index in [4.69, 9.17) is 9.97 Å². The van der Waals surface area contributed by atoms with Crippen molar-refractivity contribution in [3.05, 3.63) is 186 Å². The number of hydrogen-bond donors (Lipinski definition) is 1. The van der Waals surface area contributed by atoms with Crippen molar-refractivity contribution in [2.24, 2.45) is 0 Å². The minimum absolute atomic E-state index is 0. The van der Waals surface area contributed by atoms with E-state index in [0.717, 1.165) is 55.9 Å². The summed E-state index contributed by atoms with van der Waals surface area (Å²) in [4.78, 5) is 10.5. The molecule has 0 saturated carbocycles. The van der Waals surface area contributed by atoms with Gasteiger partial charge >= 0.3 is 0 Å². The van der Waals surface area contributed by atoms with Crippen LogP contribution in [0.1, 0.15) is 105 Å². The summed E-state index contributed by atoms with van der Waals surface area (Å²) in [5.74, 6) is 0.862. The number of pyridine rings is 1. The molecule has 3 heterocycles. The van der Waals surface area contributed by atoms with E-state index < -0.39 is 0 Å². The number of aromatic hydroxyl groups is 1. The predicted molar refractivity (Wildman–Crippen MR) is 290 cm³/mol. The Bertz CT molecular complexity index is 3570. The average Bonchev–Trinajstić information content (AvgIpc) is 3.87. The van der Waals surface area contributed by atoms with Crippen molar-refractivity contribution in [1.29, 1.82) is 0 Å². The van der Waals surface area contributed by atoms with Crippen LogP contribution >= 0.6 is 0 Å². The first-order chi connectivity index (χ1) is 32.6. The SMILES string of the molecule is CC(C)(C)c1cc(-n2c(-c3ccccc3O)nc3c(-c4[c-]c(-c5cc(-c6cc(C(C)(C)C)cc7c8cc(C(C)(C)C)ccc8n(-c8ccccc8)c67)ccn5)ccc4)cccc32)cc(C(C)(C)C)c1.[Pt]. The maximum atomic E-state index is 11.4. The van der Waals surface area contributed by atoms with Gasteiger partial charge in [0.25, 0.3) is 0 Å². The molecule has 0 unspecified atom stereocenters. The van der Waals surface area contributed by atoms with E-state index in [2.05, 4.69) is 226 Å². The number of imidazole rings is 1. The summed E-state index contributed by atoms with van der Waals surface area (Å²) in [7, 11) is 0. The first-order valence-electron chi connectivity index (χ1n) is 24.3. The molecular weight excluding hydrogens is 1040 g/mol. The van der Waals surface area contributed by atoms with E-state index in [1.165, 1.54) is 44.1 Å². The second-order valence-electron chi connectivity index (χ2n) is 23.0. The Morgan fingerprint density at radius 2 is 1.06 bits per heavy atom. The van der Waals surface area contributed by atoms with Crippen LogP contribution in [0.2, 0.25) is 0 Å². The number of benzene rings is 7. The van der Waals surface area contributed by atoms with Gasteiger partial charge in [0.2, 0.25) is 0 Å². The normalized spacial score (nSPS) is 12.5. The van der Waals surface area contributed by atoms with Crippen LogP contribution in [-0.4, -0.2) is 24.2 Å². The standard InChI is InChI=1S/C64H63N4O.Pt/c1-61(2,3)43-28-29-55-52(37-43)53-39-46(64(10,11)12)38-51(59(53)67(55)47-22-14-13-15-23-47)41-30-31-65-54(33-41)42-21-18-20-40(32-42)49-25-19-26-56-58(49)66-60(50-24-16-17-27-57(50)69)68(56)48-35-44(62(4,5)6)34-45(36-48)63(7,8)9;/h13-31,33-39,69H,1-12H3;/q-1;. The molecule has 1 N–H and O–H groups in total. The van der Waals surface area contributed by atoms with Gasteiger partial charge in [-0.2, -0.15) is 0 Å². The molecule has 0 saturated heterocycles. The van der Waals surface area contributed by atoms with E-state index in [0.29, 0.717) is 11.4 Å². The van der Waals surface area contributed by atoms with Gasteiger partial charge in [0.1, 0.15) is 11.6 Å². The van der Waals surface area contributed by atoms with E-state index >= 15 is 0 Å². The third kappa shape index (κ3) is 8.83. The molecule has 0 aliphatic rings. The van der Waals surface area contributed by atoms with Crippen LogP contribution in [-0.2, 0) is 42.7 Å². The Morgan fingerprint density at radius 3 is 1.73 bits per heavy atom. The van der Waals surface area contributed by atoms with Gasteiger partial charge in [-0.3, -0.25) is 9.55 Å². The average molecular weight is 1100 g/mol. The van der Waals surface area contributed by atoms with Crippen molar-refractivity contribution in [1.82, 2.24) is 19.1 Å². The molecule has 5 nitrogen and oxygen atoms in total. The largest absolute Gasteiger partial charge is 0.507 e. The molecule has 6 heteroatoms. The summed E-state index contributed by atoms with van der Waals surface area (Å²) < 4.78 is 4.66. The second-order valence-corrected chi connectivity index (χ2v) is 23.0. The molecule has 10 rings (SSSR count). The number of para-hydroxylation sites is 3. The monoisotopic (exact) mass is 1100 g/mol. The van der Waals surface area contributed by atoms with E-state index in [9.17, 15) is 5.11 Å². The number of phenols is 1. The maximum absolute atomic E-state index is 11.4. The number of nitrogens with zero attached hydrogens (tertiary/aromatic N) is 4. The quantitative estimate of drug-likeness (QED) is 0.169. The number of fused-ring (bicyclic) bond motifs is 4. The van der Waals surface area contributed by atoms with Gasteiger partial charge in [0, 0.05) is 60.7 Å². The molecule has 0 bridgehead atoms. The molecule has 0 fully saturated rings. The molecule has 0 aliphatic carbocycles. The van der Waals surface area contributed by atoms with Gasteiger partial charge in [-0.05, 0) is 122 Å². The summed E-state index contributed by atoms with van der Waals surface area (Å²) in [5, 5.41) is 13.9. The second kappa shape index (κ2) is 17.7. The van der Waals surface area contributed by atoms with Gasteiger partial charge in [-0.15, -0.1) is 29.8 Å². The van der Waals surface area contributed by atoms with Crippen LogP contribution < -0.4 is 0 Å². The molecule has 0 spiro atoms. The third-order valence-electron chi connectivity index (χ3n) is 13.8. The summed E-state index contributed by atoms with van der Waals surface area (Å²) in [6, 6.07) is 57.8. The Balaban J connectivity index is 0.00000608. The summed E-state index contributed by atoms with van der Waals surface area (Å²) in [6.07, 6.45) is 1.94. The van der Waals surface area contributed by atoms with E-state index in [1.54, 1.807) is 6.07 Å². The van der Waals surface area contributed by atoms with Crippen molar-refractivity contribution < 1.29 is 26.2 Å². The predicted octanol–water partition coefficient (Wildman–Crippen LogP) is 16.9. The summed E-state index contributed by atoms with van der Waals surface area (Å²) in [6.45, 7) is 27.3. The first-order valence-corrected chi connectivity index (χ1v) is 24.3. The Morgan fingerprint density at radius 1 is 0.457 bits per heavy atom. The molecule has 356 valence electrons. The first kappa shape index (κ1) is 48.5. The number of phenolic OH excluding ortho intramolecular Hbond substituents is 1. The fraction of sp³-hybridized carbons (Fsp3) is 0.250. The zero-order valence-corrected chi connectivity index (χ0v) is 44.8. The number of aromatic nitrogens is 4. The maximum Gasteiger partial charge on any atom is 0.148 e. The zero-order chi connectivity index (χ0) is 48.8. The third-order valence-corrected chi connectivity index (χ3v) is 13.8. The van der Waals surface area contributed by atoms with Gasteiger partial charge in [-0.25, -0.2) is 4.98 Å². The molecule has 0 radical (unpaired) electrons.